The zero-order valence-corrected chi connectivity index (χ0v) is 7.20. The lowest BCUT2D eigenvalue weighted by Gasteiger charge is -1.96. The summed E-state index contributed by atoms with van der Waals surface area (Å²) in [5.74, 6) is 0.496. The molecular formula is C8H10FNS. The molecule has 0 fully saturated rings. The topological polar surface area (TPSA) is 12.9 Å². The summed E-state index contributed by atoms with van der Waals surface area (Å²) >= 11 is 1.44. The molecule has 0 amide bonds. The van der Waals surface area contributed by atoms with E-state index in [2.05, 4.69) is 4.98 Å². The molecule has 0 spiro atoms. The van der Waals surface area contributed by atoms with Crippen molar-refractivity contribution in [2.24, 2.45) is 0 Å². The molecule has 0 aliphatic rings. The Morgan fingerprint density at radius 3 is 2.91 bits per heavy atom. The van der Waals surface area contributed by atoms with Crippen LogP contribution < -0.4 is 0 Å². The predicted octanol–water partition coefficient (Wildman–Crippen LogP) is 2.45. The predicted molar refractivity (Wildman–Crippen MR) is 45.7 cm³/mol. The minimum atomic E-state index is -0.291. The first-order chi connectivity index (χ1) is 5.33. The fraction of sp³-hybridized carbons (Fsp3) is 0.375. The zero-order chi connectivity index (χ0) is 8.10. The van der Waals surface area contributed by atoms with Crippen molar-refractivity contribution >= 4 is 11.8 Å². The Morgan fingerprint density at radius 1 is 1.55 bits per heavy atom. The Hall–Kier alpha value is -0.570. The van der Waals surface area contributed by atoms with Gasteiger partial charge in [-0.1, -0.05) is 6.07 Å². The van der Waals surface area contributed by atoms with Gasteiger partial charge in [0.1, 0.15) is 0 Å². The van der Waals surface area contributed by atoms with Crippen LogP contribution in [0.3, 0.4) is 0 Å². The molecule has 0 aliphatic carbocycles. The quantitative estimate of drug-likeness (QED) is 0.648. The number of alkyl halides is 1. The Labute approximate surface area is 70.0 Å². The largest absolute Gasteiger partial charge is 0.250 e. The van der Waals surface area contributed by atoms with Crippen LogP contribution in [0, 0.1) is 6.92 Å². The summed E-state index contributed by atoms with van der Waals surface area (Å²) in [6, 6.07) is 3.89. The van der Waals surface area contributed by atoms with Crippen LogP contribution >= 0.6 is 11.8 Å². The van der Waals surface area contributed by atoms with Crippen molar-refractivity contribution in [3.63, 3.8) is 0 Å². The first-order valence-electron chi connectivity index (χ1n) is 3.44. The Kier molecular flexibility index (Phi) is 3.36. The van der Waals surface area contributed by atoms with E-state index < -0.39 is 0 Å². The number of thioether (sulfide) groups is 1. The van der Waals surface area contributed by atoms with Crippen molar-refractivity contribution in [3.8, 4) is 0 Å². The average molecular weight is 171 g/mol. The highest BCUT2D eigenvalue weighted by atomic mass is 32.2. The molecule has 1 heterocycles. The van der Waals surface area contributed by atoms with E-state index >= 15 is 0 Å². The lowest BCUT2D eigenvalue weighted by atomic mass is 10.3. The van der Waals surface area contributed by atoms with Gasteiger partial charge >= 0.3 is 0 Å². The molecule has 0 atom stereocenters. The number of hydrogen-bond acceptors (Lipinski definition) is 2. The third-order valence-electron chi connectivity index (χ3n) is 1.21. The summed E-state index contributed by atoms with van der Waals surface area (Å²) in [7, 11) is 0. The molecule has 1 rings (SSSR count). The fourth-order valence-electron chi connectivity index (χ4n) is 0.683. The first kappa shape index (κ1) is 8.53. The summed E-state index contributed by atoms with van der Waals surface area (Å²) in [5.41, 5.74) is 1.13. The van der Waals surface area contributed by atoms with Gasteiger partial charge < -0.3 is 0 Å². The summed E-state index contributed by atoms with van der Waals surface area (Å²) in [4.78, 5) is 4.11. The van der Waals surface area contributed by atoms with E-state index in [0.717, 1.165) is 10.6 Å². The second kappa shape index (κ2) is 4.34. The zero-order valence-electron chi connectivity index (χ0n) is 6.38. The van der Waals surface area contributed by atoms with Crippen LogP contribution in [0.2, 0.25) is 0 Å². The lowest BCUT2D eigenvalue weighted by molar-refractivity contribution is 0.532. The molecule has 0 radical (unpaired) electrons. The monoisotopic (exact) mass is 171 g/mol. The van der Waals surface area contributed by atoms with E-state index in [0.29, 0.717) is 5.75 Å². The highest BCUT2D eigenvalue weighted by Gasteiger charge is 1.93. The Morgan fingerprint density at radius 2 is 2.36 bits per heavy atom. The molecule has 60 valence electrons. The Balaban J connectivity index is 2.52. The third kappa shape index (κ3) is 2.89. The molecule has 0 N–H and O–H groups in total. The van der Waals surface area contributed by atoms with Crippen LogP contribution in [0.4, 0.5) is 4.39 Å². The maximum atomic E-state index is 11.7. The number of aromatic nitrogens is 1. The average Bonchev–Trinajstić information content (AvgIpc) is 2.04. The third-order valence-corrected chi connectivity index (χ3v) is 2.11. The molecule has 3 heteroatoms. The molecule has 0 aliphatic heterocycles. The van der Waals surface area contributed by atoms with Crippen molar-refractivity contribution in [1.82, 2.24) is 4.98 Å². The van der Waals surface area contributed by atoms with E-state index in [-0.39, 0.29) is 6.67 Å². The summed E-state index contributed by atoms with van der Waals surface area (Å²) in [6.45, 7) is 1.69. The van der Waals surface area contributed by atoms with Crippen molar-refractivity contribution in [1.29, 1.82) is 0 Å². The molecule has 0 unspecified atom stereocenters. The van der Waals surface area contributed by atoms with Crippen LogP contribution in [0.15, 0.2) is 23.4 Å². The maximum absolute atomic E-state index is 11.7. The summed E-state index contributed by atoms with van der Waals surface area (Å²) in [6.07, 6.45) is 1.79. The molecule has 1 nitrogen and oxygen atoms in total. The number of pyridine rings is 1. The van der Waals surface area contributed by atoms with Crippen molar-refractivity contribution in [2.75, 3.05) is 12.4 Å². The van der Waals surface area contributed by atoms with Gasteiger partial charge in [-0.15, -0.1) is 11.8 Å². The molecule has 1 aromatic heterocycles. The highest BCUT2D eigenvalue weighted by molar-refractivity contribution is 7.99. The summed E-state index contributed by atoms with van der Waals surface area (Å²) in [5, 5.41) is 0.897. The van der Waals surface area contributed by atoms with Gasteiger partial charge in [0.15, 0.2) is 0 Å². The maximum Gasteiger partial charge on any atom is 0.0988 e. The van der Waals surface area contributed by atoms with Crippen molar-refractivity contribution in [3.05, 3.63) is 23.9 Å². The standard InChI is InChI=1S/C8H10FNS/c1-7-2-3-8(10-6-7)11-5-4-9/h2-3,6H,4-5H2,1H3. The van der Waals surface area contributed by atoms with Gasteiger partial charge in [0.2, 0.25) is 0 Å². The molecule has 0 saturated carbocycles. The second-order valence-corrected chi connectivity index (χ2v) is 3.33. The van der Waals surface area contributed by atoms with Crippen molar-refractivity contribution < 1.29 is 4.39 Å². The molecule has 0 aromatic carbocycles. The van der Waals surface area contributed by atoms with Crippen molar-refractivity contribution in [2.45, 2.75) is 11.9 Å². The van der Waals surface area contributed by atoms with Gasteiger partial charge in [-0.05, 0) is 18.6 Å². The number of nitrogens with zero attached hydrogens (tertiary/aromatic N) is 1. The minimum absolute atomic E-state index is 0.291. The Bertz CT molecular complexity index is 210. The normalized spacial score (nSPS) is 10.0. The molecule has 11 heavy (non-hydrogen) atoms. The second-order valence-electron chi connectivity index (χ2n) is 2.21. The molecule has 0 bridgehead atoms. The molecular weight excluding hydrogens is 161 g/mol. The number of rotatable bonds is 3. The van der Waals surface area contributed by atoms with Gasteiger partial charge in [0.25, 0.3) is 0 Å². The van der Waals surface area contributed by atoms with E-state index in [1.807, 2.05) is 19.1 Å². The van der Waals surface area contributed by atoms with Gasteiger partial charge in [0, 0.05) is 11.9 Å². The van der Waals surface area contributed by atoms with Gasteiger partial charge in [-0.3, -0.25) is 4.39 Å². The van der Waals surface area contributed by atoms with Crippen LogP contribution in [-0.4, -0.2) is 17.4 Å². The van der Waals surface area contributed by atoms with E-state index in [9.17, 15) is 4.39 Å². The first-order valence-corrected chi connectivity index (χ1v) is 4.43. The van der Waals surface area contributed by atoms with Gasteiger partial charge in [-0.25, -0.2) is 4.98 Å². The van der Waals surface area contributed by atoms with Crippen LogP contribution in [0.25, 0.3) is 0 Å². The van der Waals surface area contributed by atoms with E-state index in [4.69, 9.17) is 0 Å². The van der Waals surface area contributed by atoms with E-state index in [1.165, 1.54) is 11.8 Å². The molecule has 0 saturated heterocycles. The summed E-state index contributed by atoms with van der Waals surface area (Å²) < 4.78 is 11.7. The molecule has 1 aromatic rings. The van der Waals surface area contributed by atoms with Crippen LogP contribution in [-0.2, 0) is 0 Å². The minimum Gasteiger partial charge on any atom is -0.250 e. The fourth-order valence-corrected chi connectivity index (χ4v) is 1.26. The van der Waals surface area contributed by atoms with Crippen LogP contribution in [0.5, 0.6) is 0 Å². The van der Waals surface area contributed by atoms with Gasteiger partial charge in [-0.2, -0.15) is 0 Å². The van der Waals surface area contributed by atoms with Crippen LogP contribution in [0.1, 0.15) is 5.56 Å². The SMILES string of the molecule is Cc1ccc(SCCF)nc1. The number of aryl methyl sites for hydroxylation is 1. The smallest absolute Gasteiger partial charge is 0.0988 e. The van der Waals surface area contributed by atoms with E-state index in [1.54, 1.807) is 6.20 Å². The number of hydrogen-bond donors (Lipinski definition) is 0. The lowest BCUT2D eigenvalue weighted by Crippen LogP contribution is -1.84. The van der Waals surface area contributed by atoms with Gasteiger partial charge in [0.05, 0.1) is 11.7 Å². The number of halogens is 1. The highest BCUT2D eigenvalue weighted by Crippen LogP contribution is 2.14.